The van der Waals surface area contributed by atoms with Gasteiger partial charge in [0.2, 0.25) is 5.91 Å². The van der Waals surface area contributed by atoms with Crippen LogP contribution in [0.1, 0.15) is 26.7 Å². The molecule has 64 valence electrons. The van der Waals surface area contributed by atoms with Crippen molar-refractivity contribution in [3.63, 3.8) is 0 Å². The molecule has 0 aromatic carbocycles. The van der Waals surface area contributed by atoms with Crippen molar-refractivity contribution in [3.8, 4) is 0 Å². The summed E-state index contributed by atoms with van der Waals surface area (Å²) in [4.78, 5) is 21.0. The van der Waals surface area contributed by atoms with Crippen LogP contribution in [0.5, 0.6) is 0 Å². The minimum Gasteiger partial charge on any atom is -0.351 e. The maximum absolute atomic E-state index is 10.8. The quantitative estimate of drug-likeness (QED) is 0.631. The van der Waals surface area contributed by atoms with Crippen LogP contribution in [0.4, 0.5) is 4.79 Å². The molecule has 0 saturated heterocycles. The number of hydrogen-bond acceptors (Lipinski definition) is 2. The SMILES string of the molecule is CCC(C)CC(=O)NC(N)=O. The van der Waals surface area contributed by atoms with Crippen molar-refractivity contribution in [2.24, 2.45) is 11.7 Å². The molecule has 0 radical (unpaired) electrons. The van der Waals surface area contributed by atoms with Crippen LogP contribution in [0, 0.1) is 5.92 Å². The summed E-state index contributed by atoms with van der Waals surface area (Å²) in [6.07, 6.45) is 1.28. The fourth-order valence-electron chi connectivity index (χ4n) is 0.649. The molecule has 1 unspecified atom stereocenters. The molecule has 1 atom stereocenters. The second-order valence-electron chi connectivity index (χ2n) is 2.63. The summed E-state index contributed by atoms with van der Waals surface area (Å²) in [5, 5.41) is 2.01. The van der Waals surface area contributed by atoms with Crippen LogP contribution >= 0.6 is 0 Å². The molecule has 0 bridgehead atoms. The van der Waals surface area contributed by atoms with Crippen LogP contribution in [0.2, 0.25) is 0 Å². The molecular formula is C7H14N2O2. The van der Waals surface area contributed by atoms with E-state index in [1.807, 2.05) is 19.2 Å². The number of primary amides is 1. The predicted molar refractivity (Wildman–Crippen MR) is 41.8 cm³/mol. The molecule has 0 aliphatic heterocycles. The molecular weight excluding hydrogens is 144 g/mol. The van der Waals surface area contributed by atoms with E-state index in [9.17, 15) is 9.59 Å². The topological polar surface area (TPSA) is 72.2 Å². The van der Waals surface area contributed by atoms with Gasteiger partial charge in [-0.05, 0) is 5.92 Å². The average molecular weight is 158 g/mol. The molecule has 0 aromatic rings. The monoisotopic (exact) mass is 158 g/mol. The summed E-state index contributed by atoms with van der Waals surface area (Å²) in [5.74, 6) is 0.00111. The first kappa shape index (κ1) is 9.94. The molecule has 0 heterocycles. The lowest BCUT2D eigenvalue weighted by Crippen LogP contribution is -2.35. The summed E-state index contributed by atoms with van der Waals surface area (Å²) < 4.78 is 0. The standard InChI is InChI=1S/C7H14N2O2/c1-3-5(2)4-6(10)9-7(8)11/h5H,3-4H2,1-2H3,(H3,8,9,10,11). The first-order valence-electron chi connectivity index (χ1n) is 3.65. The zero-order valence-corrected chi connectivity index (χ0v) is 6.89. The van der Waals surface area contributed by atoms with E-state index in [2.05, 4.69) is 0 Å². The highest BCUT2D eigenvalue weighted by atomic mass is 16.2. The maximum Gasteiger partial charge on any atom is 0.318 e. The Bertz CT molecular complexity index is 157. The molecule has 0 saturated carbocycles. The van der Waals surface area contributed by atoms with E-state index in [4.69, 9.17) is 5.73 Å². The van der Waals surface area contributed by atoms with E-state index in [-0.39, 0.29) is 5.91 Å². The summed E-state index contributed by atoms with van der Waals surface area (Å²) in [7, 11) is 0. The van der Waals surface area contributed by atoms with Crippen molar-refractivity contribution in [2.75, 3.05) is 0 Å². The van der Waals surface area contributed by atoms with Crippen molar-refractivity contribution in [2.45, 2.75) is 26.7 Å². The second-order valence-corrected chi connectivity index (χ2v) is 2.63. The smallest absolute Gasteiger partial charge is 0.318 e. The van der Waals surface area contributed by atoms with Crippen molar-refractivity contribution in [1.29, 1.82) is 0 Å². The van der Waals surface area contributed by atoms with Gasteiger partial charge >= 0.3 is 6.03 Å². The Balaban J connectivity index is 3.60. The number of carbonyl (C=O) groups is 2. The zero-order chi connectivity index (χ0) is 8.85. The zero-order valence-electron chi connectivity index (χ0n) is 6.89. The lowest BCUT2D eigenvalue weighted by atomic mass is 10.1. The maximum atomic E-state index is 10.8. The van der Waals surface area contributed by atoms with Crippen molar-refractivity contribution in [1.82, 2.24) is 5.32 Å². The number of imide groups is 1. The fourth-order valence-corrected chi connectivity index (χ4v) is 0.649. The van der Waals surface area contributed by atoms with E-state index in [1.165, 1.54) is 0 Å². The van der Waals surface area contributed by atoms with E-state index in [0.717, 1.165) is 6.42 Å². The fraction of sp³-hybridized carbons (Fsp3) is 0.714. The van der Waals surface area contributed by atoms with Gasteiger partial charge in [-0.3, -0.25) is 10.1 Å². The lowest BCUT2D eigenvalue weighted by molar-refractivity contribution is -0.120. The molecule has 0 fully saturated rings. The van der Waals surface area contributed by atoms with Crippen LogP contribution in [0.25, 0.3) is 0 Å². The minimum absolute atomic E-state index is 0.299. The van der Waals surface area contributed by atoms with Gasteiger partial charge in [0.25, 0.3) is 0 Å². The number of amides is 3. The molecule has 0 aliphatic carbocycles. The molecule has 3 N–H and O–H groups in total. The van der Waals surface area contributed by atoms with E-state index >= 15 is 0 Å². The van der Waals surface area contributed by atoms with Gasteiger partial charge in [-0.1, -0.05) is 20.3 Å². The number of urea groups is 1. The molecule has 0 aliphatic rings. The number of rotatable bonds is 3. The van der Waals surface area contributed by atoms with Gasteiger partial charge in [0.15, 0.2) is 0 Å². The normalized spacial score (nSPS) is 12.2. The molecule has 0 aromatic heterocycles. The van der Waals surface area contributed by atoms with Crippen molar-refractivity contribution >= 4 is 11.9 Å². The number of nitrogens with one attached hydrogen (secondary N) is 1. The Hall–Kier alpha value is -1.06. The number of hydrogen-bond donors (Lipinski definition) is 2. The summed E-state index contributed by atoms with van der Waals surface area (Å²) in [6, 6.07) is -0.779. The molecule has 4 nitrogen and oxygen atoms in total. The summed E-state index contributed by atoms with van der Waals surface area (Å²) in [5.41, 5.74) is 4.74. The highest BCUT2D eigenvalue weighted by Gasteiger charge is 2.07. The van der Waals surface area contributed by atoms with Crippen LogP contribution < -0.4 is 11.1 Å². The Kier molecular flexibility index (Phi) is 4.26. The van der Waals surface area contributed by atoms with Crippen LogP contribution in [-0.2, 0) is 4.79 Å². The van der Waals surface area contributed by atoms with Gasteiger partial charge in [0.05, 0.1) is 0 Å². The lowest BCUT2D eigenvalue weighted by Gasteiger charge is -2.05. The highest BCUT2D eigenvalue weighted by Crippen LogP contribution is 2.04. The molecule has 3 amide bonds. The van der Waals surface area contributed by atoms with Crippen LogP contribution in [-0.4, -0.2) is 11.9 Å². The Morgan fingerprint density at radius 1 is 1.55 bits per heavy atom. The molecule has 4 heteroatoms. The molecule has 11 heavy (non-hydrogen) atoms. The van der Waals surface area contributed by atoms with Gasteiger partial charge in [-0.25, -0.2) is 4.79 Å². The number of nitrogens with two attached hydrogens (primary N) is 1. The Morgan fingerprint density at radius 2 is 2.09 bits per heavy atom. The van der Waals surface area contributed by atoms with Crippen LogP contribution in [0.3, 0.4) is 0 Å². The van der Waals surface area contributed by atoms with E-state index in [1.54, 1.807) is 0 Å². The summed E-state index contributed by atoms with van der Waals surface area (Å²) in [6.45, 7) is 3.93. The van der Waals surface area contributed by atoms with Gasteiger partial charge < -0.3 is 5.73 Å². The Labute approximate surface area is 66.1 Å². The molecule has 0 rings (SSSR count). The first-order chi connectivity index (χ1) is 5.06. The average Bonchev–Trinajstić information content (AvgIpc) is 1.85. The van der Waals surface area contributed by atoms with Crippen LogP contribution in [0.15, 0.2) is 0 Å². The summed E-state index contributed by atoms with van der Waals surface area (Å²) >= 11 is 0. The van der Waals surface area contributed by atoms with Gasteiger partial charge in [0, 0.05) is 6.42 Å². The third-order valence-electron chi connectivity index (χ3n) is 1.49. The third-order valence-corrected chi connectivity index (χ3v) is 1.49. The molecule has 0 spiro atoms. The van der Waals surface area contributed by atoms with Crippen molar-refractivity contribution < 1.29 is 9.59 Å². The minimum atomic E-state index is -0.779. The van der Waals surface area contributed by atoms with Gasteiger partial charge in [-0.2, -0.15) is 0 Å². The number of carbonyl (C=O) groups excluding carboxylic acids is 2. The van der Waals surface area contributed by atoms with E-state index in [0.29, 0.717) is 12.3 Å². The first-order valence-corrected chi connectivity index (χ1v) is 3.65. The van der Waals surface area contributed by atoms with Crippen molar-refractivity contribution in [3.05, 3.63) is 0 Å². The largest absolute Gasteiger partial charge is 0.351 e. The Morgan fingerprint density at radius 3 is 2.45 bits per heavy atom. The van der Waals surface area contributed by atoms with Gasteiger partial charge in [0.1, 0.15) is 0 Å². The van der Waals surface area contributed by atoms with Gasteiger partial charge in [-0.15, -0.1) is 0 Å². The predicted octanol–water partition coefficient (Wildman–Crippen LogP) is 0.618. The second kappa shape index (κ2) is 4.71. The van der Waals surface area contributed by atoms with E-state index < -0.39 is 6.03 Å². The highest BCUT2D eigenvalue weighted by molar-refractivity contribution is 5.93. The third kappa shape index (κ3) is 5.39.